The third kappa shape index (κ3) is 1.99. The first-order valence-corrected chi connectivity index (χ1v) is 5.78. The van der Waals surface area contributed by atoms with E-state index < -0.39 is 4.92 Å². The Balaban J connectivity index is 2.59. The van der Waals surface area contributed by atoms with Crippen molar-refractivity contribution in [2.45, 2.75) is 13.3 Å². The Morgan fingerprint density at radius 3 is 2.32 bits per heavy atom. The van der Waals surface area contributed by atoms with Crippen molar-refractivity contribution in [2.24, 2.45) is 7.05 Å². The zero-order valence-electron chi connectivity index (χ0n) is 10.7. The fraction of sp³-hybridized carbons (Fsp3) is 0.250. The summed E-state index contributed by atoms with van der Waals surface area (Å²) in [5, 5.41) is 10.6. The van der Waals surface area contributed by atoms with Crippen LogP contribution in [0.1, 0.15) is 12.6 Å². The van der Waals surface area contributed by atoms with Crippen molar-refractivity contribution in [3.05, 3.63) is 50.4 Å². The standard InChI is InChI=1S/C12H14N4O3/c1-3-10-11(13)12(17)15(14(10)2)8-4-6-9(7-5-8)16(18)19/h4-7H,3,13H2,1-2H3. The largest absolute Gasteiger partial charge is 0.393 e. The number of benzene rings is 1. The normalized spacial score (nSPS) is 10.6. The summed E-state index contributed by atoms with van der Waals surface area (Å²) >= 11 is 0. The molecule has 0 aliphatic heterocycles. The number of nitro groups is 1. The Morgan fingerprint density at radius 1 is 1.32 bits per heavy atom. The van der Waals surface area contributed by atoms with E-state index in [0.717, 1.165) is 5.69 Å². The van der Waals surface area contributed by atoms with Gasteiger partial charge in [0.05, 0.1) is 16.3 Å². The number of anilines is 1. The highest BCUT2D eigenvalue weighted by molar-refractivity contribution is 5.47. The van der Waals surface area contributed by atoms with Crippen LogP contribution in [0.3, 0.4) is 0 Å². The SMILES string of the molecule is CCc1c(N)c(=O)n(-c2ccc([N+](=O)[O-])cc2)n1C. The first-order valence-electron chi connectivity index (χ1n) is 5.78. The zero-order chi connectivity index (χ0) is 14.2. The molecule has 1 aromatic heterocycles. The van der Waals surface area contributed by atoms with Gasteiger partial charge in [-0.15, -0.1) is 0 Å². The summed E-state index contributed by atoms with van der Waals surface area (Å²) in [6.07, 6.45) is 0.636. The molecule has 1 heterocycles. The summed E-state index contributed by atoms with van der Waals surface area (Å²) in [7, 11) is 1.73. The minimum Gasteiger partial charge on any atom is -0.393 e. The molecule has 0 spiro atoms. The summed E-state index contributed by atoms with van der Waals surface area (Å²) in [4.78, 5) is 22.2. The molecule has 2 aromatic rings. The van der Waals surface area contributed by atoms with Crippen LogP contribution in [0.25, 0.3) is 5.69 Å². The highest BCUT2D eigenvalue weighted by Gasteiger charge is 2.15. The molecule has 0 atom stereocenters. The number of rotatable bonds is 3. The molecule has 1 aromatic carbocycles. The van der Waals surface area contributed by atoms with Gasteiger partial charge in [0, 0.05) is 19.2 Å². The number of nitro benzene ring substituents is 1. The van der Waals surface area contributed by atoms with Gasteiger partial charge in [0.25, 0.3) is 11.2 Å². The van der Waals surface area contributed by atoms with Crippen LogP contribution in [-0.4, -0.2) is 14.3 Å². The van der Waals surface area contributed by atoms with Crippen LogP contribution in [0.15, 0.2) is 29.1 Å². The van der Waals surface area contributed by atoms with Crippen molar-refractivity contribution in [1.29, 1.82) is 0 Å². The van der Waals surface area contributed by atoms with Crippen LogP contribution < -0.4 is 11.3 Å². The second-order valence-electron chi connectivity index (χ2n) is 4.13. The Morgan fingerprint density at radius 2 is 1.89 bits per heavy atom. The van der Waals surface area contributed by atoms with E-state index in [9.17, 15) is 14.9 Å². The van der Waals surface area contributed by atoms with Crippen LogP contribution >= 0.6 is 0 Å². The molecule has 0 fully saturated rings. The van der Waals surface area contributed by atoms with Gasteiger partial charge in [0.2, 0.25) is 0 Å². The molecule has 0 saturated heterocycles. The molecule has 0 bridgehead atoms. The van der Waals surface area contributed by atoms with E-state index >= 15 is 0 Å². The van der Waals surface area contributed by atoms with E-state index in [-0.39, 0.29) is 16.9 Å². The average Bonchev–Trinajstić information content (AvgIpc) is 2.60. The fourth-order valence-electron chi connectivity index (χ4n) is 2.09. The highest BCUT2D eigenvalue weighted by atomic mass is 16.6. The molecule has 7 heteroatoms. The number of hydrogen-bond donors (Lipinski definition) is 1. The second kappa shape index (κ2) is 4.60. The van der Waals surface area contributed by atoms with E-state index in [1.54, 1.807) is 11.7 Å². The third-order valence-electron chi connectivity index (χ3n) is 3.06. The molecular weight excluding hydrogens is 248 g/mol. The van der Waals surface area contributed by atoms with Crippen molar-refractivity contribution in [3.63, 3.8) is 0 Å². The minimum absolute atomic E-state index is 0.0188. The van der Waals surface area contributed by atoms with Crippen LogP contribution in [-0.2, 0) is 13.5 Å². The minimum atomic E-state index is -0.483. The van der Waals surface area contributed by atoms with Gasteiger partial charge in [0.1, 0.15) is 5.69 Å². The smallest absolute Gasteiger partial charge is 0.294 e. The molecule has 0 saturated carbocycles. The lowest BCUT2D eigenvalue weighted by Gasteiger charge is -2.08. The van der Waals surface area contributed by atoms with Gasteiger partial charge in [-0.3, -0.25) is 19.6 Å². The van der Waals surface area contributed by atoms with Crippen LogP contribution in [0.4, 0.5) is 11.4 Å². The van der Waals surface area contributed by atoms with Crippen LogP contribution in [0.2, 0.25) is 0 Å². The second-order valence-corrected chi connectivity index (χ2v) is 4.13. The summed E-state index contributed by atoms with van der Waals surface area (Å²) in [6, 6.07) is 5.77. The molecule has 0 aliphatic rings. The quantitative estimate of drug-likeness (QED) is 0.664. The van der Waals surface area contributed by atoms with Crippen LogP contribution in [0.5, 0.6) is 0 Å². The molecular formula is C12H14N4O3. The summed E-state index contributed by atoms with van der Waals surface area (Å²) in [5.41, 5.74) is 6.93. The van der Waals surface area contributed by atoms with Gasteiger partial charge in [-0.05, 0) is 18.6 Å². The third-order valence-corrected chi connectivity index (χ3v) is 3.06. The lowest BCUT2D eigenvalue weighted by atomic mass is 10.3. The van der Waals surface area contributed by atoms with E-state index in [0.29, 0.717) is 12.1 Å². The number of hydrogen-bond acceptors (Lipinski definition) is 4. The maximum Gasteiger partial charge on any atom is 0.294 e. The van der Waals surface area contributed by atoms with E-state index in [2.05, 4.69) is 0 Å². The molecule has 7 nitrogen and oxygen atoms in total. The number of nitrogen functional groups attached to an aromatic ring is 1. The molecule has 0 aliphatic carbocycles. The summed E-state index contributed by atoms with van der Waals surface area (Å²) in [5.74, 6) is 0. The van der Waals surface area contributed by atoms with Gasteiger partial charge < -0.3 is 5.73 Å². The Hall–Kier alpha value is -2.57. The van der Waals surface area contributed by atoms with E-state index in [1.807, 2.05) is 6.92 Å². The highest BCUT2D eigenvalue weighted by Crippen LogP contribution is 2.16. The predicted molar refractivity (Wildman–Crippen MR) is 71.5 cm³/mol. The molecule has 2 rings (SSSR count). The number of aromatic nitrogens is 2. The molecule has 100 valence electrons. The van der Waals surface area contributed by atoms with Crippen molar-refractivity contribution in [2.75, 3.05) is 5.73 Å². The number of nitrogens with two attached hydrogens (primary N) is 1. The first kappa shape index (κ1) is 12.9. The summed E-state index contributed by atoms with van der Waals surface area (Å²) in [6.45, 7) is 1.91. The lowest BCUT2D eigenvalue weighted by molar-refractivity contribution is -0.384. The fourth-order valence-corrected chi connectivity index (χ4v) is 2.09. The average molecular weight is 262 g/mol. The molecule has 2 N–H and O–H groups in total. The van der Waals surface area contributed by atoms with Gasteiger partial charge in [0.15, 0.2) is 0 Å². The number of nitrogens with zero attached hydrogens (tertiary/aromatic N) is 3. The maximum atomic E-state index is 12.1. The van der Waals surface area contributed by atoms with E-state index in [4.69, 9.17) is 5.73 Å². The van der Waals surface area contributed by atoms with Gasteiger partial charge >= 0.3 is 0 Å². The predicted octanol–water partition coefficient (Wildman–Crippen LogP) is 1.23. The van der Waals surface area contributed by atoms with Crippen LogP contribution in [0, 0.1) is 10.1 Å². The lowest BCUT2D eigenvalue weighted by Crippen LogP contribution is -2.20. The maximum absolute atomic E-state index is 12.1. The van der Waals surface area contributed by atoms with Gasteiger partial charge in [-0.25, -0.2) is 4.68 Å². The van der Waals surface area contributed by atoms with Gasteiger partial charge in [-0.1, -0.05) is 6.92 Å². The van der Waals surface area contributed by atoms with Crippen molar-refractivity contribution in [1.82, 2.24) is 9.36 Å². The van der Waals surface area contributed by atoms with Crippen molar-refractivity contribution in [3.8, 4) is 5.69 Å². The monoisotopic (exact) mass is 262 g/mol. The topological polar surface area (TPSA) is 96.1 Å². The van der Waals surface area contributed by atoms with Crippen molar-refractivity contribution >= 4 is 11.4 Å². The Kier molecular flexibility index (Phi) is 3.12. The Labute approximate surface area is 109 Å². The molecule has 19 heavy (non-hydrogen) atoms. The van der Waals surface area contributed by atoms with Gasteiger partial charge in [-0.2, -0.15) is 0 Å². The zero-order valence-corrected chi connectivity index (χ0v) is 10.7. The summed E-state index contributed by atoms with van der Waals surface area (Å²) < 4.78 is 3.07. The Bertz CT molecular complexity index is 682. The first-order chi connectivity index (χ1) is 8.97. The molecule has 0 amide bonds. The van der Waals surface area contributed by atoms with E-state index in [1.165, 1.54) is 28.9 Å². The molecule has 0 unspecified atom stereocenters. The molecule has 0 radical (unpaired) electrons. The number of non-ortho nitro benzene ring substituents is 1. The van der Waals surface area contributed by atoms with Crippen molar-refractivity contribution < 1.29 is 4.92 Å².